The number of hydrogen-bond donors (Lipinski definition) is 3. The molecule has 0 saturated carbocycles. The number of carbonyl (C=O) groups is 3. The van der Waals surface area contributed by atoms with Crippen molar-refractivity contribution in [3.8, 4) is 0 Å². The summed E-state index contributed by atoms with van der Waals surface area (Å²) in [5, 5.41) is 13.3. The molecule has 7 nitrogen and oxygen atoms in total. The van der Waals surface area contributed by atoms with Gasteiger partial charge in [-0.25, -0.2) is 14.0 Å². The number of amides is 2. The summed E-state index contributed by atoms with van der Waals surface area (Å²) in [4.78, 5) is 33.6. The summed E-state index contributed by atoms with van der Waals surface area (Å²) in [5.74, 6) is -2.66. The van der Waals surface area contributed by atoms with Gasteiger partial charge in [0.25, 0.3) is 0 Å². The average Bonchev–Trinajstić information content (AvgIpc) is 2.41. The number of nitrogens with one attached hydrogen (secondary N) is 2. The van der Waals surface area contributed by atoms with Gasteiger partial charge in [-0.3, -0.25) is 4.79 Å². The number of carboxylic acids is 1. The Balaban J connectivity index is 2.67. The molecule has 2 amide bonds. The van der Waals surface area contributed by atoms with E-state index in [9.17, 15) is 18.8 Å². The Kier molecular flexibility index (Phi) is 5.65. The van der Waals surface area contributed by atoms with Crippen LogP contribution in [0.1, 0.15) is 12.0 Å². The third-order valence-electron chi connectivity index (χ3n) is 2.63. The summed E-state index contributed by atoms with van der Waals surface area (Å²) < 4.78 is 17.6. The molecule has 1 aromatic rings. The van der Waals surface area contributed by atoms with Crippen LogP contribution < -0.4 is 10.6 Å². The number of benzene rings is 1. The van der Waals surface area contributed by atoms with Gasteiger partial charge in [0.2, 0.25) is 0 Å². The predicted molar refractivity (Wildman–Crippen MR) is 71.3 cm³/mol. The SMILES string of the molecule is COC(=O)C[C@H](NC(=O)Nc1ccc(C)c(F)c1)C(=O)O. The van der Waals surface area contributed by atoms with Crippen molar-refractivity contribution < 1.29 is 28.6 Å². The average molecular weight is 298 g/mol. The van der Waals surface area contributed by atoms with Crippen LogP contribution in [0, 0.1) is 12.7 Å². The molecule has 0 radical (unpaired) electrons. The number of anilines is 1. The maximum atomic E-state index is 13.3. The van der Waals surface area contributed by atoms with Gasteiger partial charge in [0.15, 0.2) is 0 Å². The number of carboxylic acid groups (broad SMARTS) is 1. The van der Waals surface area contributed by atoms with E-state index in [-0.39, 0.29) is 5.69 Å². The second-order valence-electron chi connectivity index (χ2n) is 4.23. The molecule has 0 bridgehead atoms. The van der Waals surface area contributed by atoms with E-state index in [1.165, 1.54) is 12.1 Å². The van der Waals surface area contributed by atoms with E-state index in [0.29, 0.717) is 5.56 Å². The van der Waals surface area contributed by atoms with Crippen LogP contribution in [-0.2, 0) is 14.3 Å². The number of aryl methyl sites for hydroxylation is 1. The third kappa shape index (κ3) is 5.09. The van der Waals surface area contributed by atoms with Crippen LogP contribution in [0.4, 0.5) is 14.9 Å². The molecule has 1 aromatic carbocycles. The Labute approximate surface area is 120 Å². The molecule has 21 heavy (non-hydrogen) atoms. The first-order chi connectivity index (χ1) is 9.83. The minimum atomic E-state index is -1.44. The Bertz CT molecular complexity index is 561. The summed E-state index contributed by atoms with van der Waals surface area (Å²) in [5.41, 5.74) is 0.577. The number of aliphatic carboxylic acids is 1. The monoisotopic (exact) mass is 298 g/mol. The standard InChI is InChI=1S/C13H15FN2O5/c1-7-3-4-8(5-9(7)14)15-13(20)16-10(12(18)19)6-11(17)21-2/h3-5,10H,6H2,1-2H3,(H,18,19)(H2,15,16,20)/t10-/m0/s1. The highest BCUT2D eigenvalue weighted by Gasteiger charge is 2.23. The highest BCUT2D eigenvalue weighted by molar-refractivity contribution is 5.93. The van der Waals surface area contributed by atoms with E-state index in [0.717, 1.165) is 13.2 Å². The van der Waals surface area contributed by atoms with Crippen LogP contribution in [0.15, 0.2) is 18.2 Å². The molecule has 1 atom stereocenters. The van der Waals surface area contributed by atoms with E-state index < -0.39 is 36.2 Å². The number of carbonyl (C=O) groups excluding carboxylic acids is 2. The Hall–Kier alpha value is -2.64. The van der Waals surface area contributed by atoms with E-state index in [4.69, 9.17) is 5.11 Å². The molecule has 0 saturated heterocycles. The summed E-state index contributed by atoms with van der Waals surface area (Å²) in [7, 11) is 1.11. The number of urea groups is 1. The Morgan fingerprint density at radius 2 is 2.05 bits per heavy atom. The highest BCUT2D eigenvalue weighted by atomic mass is 19.1. The summed E-state index contributed by atoms with van der Waals surface area (Å²) in [6.45, 7) is 1.57. The Morgan fingerprint density at radius 3 is 2.57 bits per heavy atom. The van der Waals surface area contributed by atoms with Crippen LogP contribution in [0.3, 0.4) is 0 Å². The molecule has 1 rings (SSSR count). The van der Waals surface area contributed by atoms with Crippen LogP contribution in [-0.4, -0.2) is 36.2 Å². The molecule has 0 heterocycles. The van der Waals surface area contributed by atoms with Crippen molar-refractivity contribution in [1.82, 2.24) is 5.32 Å². The first kappa shape index (κ1) is 16.4. The van der Waals surface area contributed by atoms with Crippen molar-refractivity contribution in [2.24, 2.45) is 0 Å². The van der Waals surface area contributed by atoms with Crippen LogP contribution >= 0.6 is 0 Å². The zero-order valence-electron chi connectivity index (χ0n) is 11.5. The van der Waals surface area contributed by atoms with Crippen LogP contribution in [0.2, 0.25) is 0 Å². The van der Waals surface area contributed by atoms with Crippen molar-refractivity contribution in [3.63, 3.8) is 0 Å². The topological polar surface area (TPSA) is 105 Å². The minimum absolute atomic E-state index is 0.165. The molecule has 3 N–H and O–H groups in total. The lowest BCUT2D eigenvalue weighted by Gasteiger charge is -2.14. The fraction of sp³-hybridized carbons (Fsp3) is 0.308. The molecule has 0 spiro atoms. The molecule has 0 aliphatic carbocycles. The Morgan fingerprint density at radius 1 is 1.38 bits per heavy atom. The van der Waals surface area contributed by atoms with Gasteiger partial charge in [0, 0.05) is 5.69 Å². The lowest BCUT2D eigenvalue weighted by atomic mass is 10.2. The first-order valence-corrected chi connectivity index (χ1v) is 5.96. The van der Waals surface area contributed by atoms with Crippen molar-refractivity contribution >= 4 is 23.7 Å². The molecular formula is C13H15FN2O5. The molecule has 0 aromatic heterocycles. The van der Waals surface area contributed by atoms with E-state index in [1.54, 1.807) is 6.92 Å². The highest BCUT2D eigenvalue weighted by Crippen LogP contribution is 2.13. The van der Waals surface area contributed by atoms with Gasteiger partial charge in [0.1, 0.15) is 11.9 Å². The lowest BCUT2D eigenvalue weighted by Crippen LogP contribution is -2.44. The summed E-state index contributed by atoms with van der Waals surface area (Å²) >= 11 is 0. The van der Waals surface area contributed by atoms with Gasteiger partial charge >= 0.3 is 18.0 Å². The largest absolute Gasteiger partial charge is 0.480 e. The molecule has 0 aliphatic heterocycles. The van der Waals surface area contributed by atoms with Crippen molar-refractivity contribution in [2.75, 3.05) is 12.4 Å². The van der Waals surface area contributed by atoms with Gasteiger partial charge in [0.05, 0.1) is 13.5 Å². The zero-order chi connectivity index (χ0) is 16.0. The lowest BCUT2D eigenvalue weighted by molar-refractivity contribution is -0.147. The maximum Gasteiger partial charge on any atom is 0.326 e. The second-order valence-corrected chi connectivity index (χ2v) is 4.23. The predicted octanol–water partition coefficient (Wildman–Crippen LogP) is 1.27. The van der Waals surface area contributed by atoms with Crippen molar-refractivity contribution in [2.45, 2.75) is 19.4 Å². The first-order valence-electron chi connectivity index (χ1n) is 5.96. The van der Waals surface area contributed by atoms with Gasteiger partial charge < -0.3 is 20.5 Å². The maximum absolute atomic E-state index is 13.3. The number of methoxy groups -OCH3 is 1. The number of halogens is 1. The van der Waals surface area contributed by atoms with Crippen LogP contribution in [0.5, 0.6) is 0 Å². The van der Waals surface area contributed by atoms with Gasteiger partial charge in [-0.05, 0) is 24.6 Å². The molecular weight excluding hydrogens is 283 g/mol. The normalized spacial score (nSPS) is 11.4. The smallest absolute Gasteiger partial charge is 0.326 e. The van der Waals surface area contributed by atoms with Gasteiger partial charge in [-0.15, -0.1) is 0 Å². The molecule has 0 aliphatic rings. The van der Waals surface area contributed by atoms with E-state index in [2.05, 4.69) is 15.4 Å². The third-order valence-corrected chi connectivity index (χ3v) is 2.63. The van der Waals surface area contributed by atoms with E-state index in [1.807, 2.05) is 0 Å². The molecule has 8 heteroatoms. The number of ether oxygens (including phenoxy) is 1. The summed E-state index contributed by atoms with van der Waals surface area (Å²) in [6, 6.07) is 1.73. The second kappa shape index (κ2) is 7.22. The number of esters is 1. The number of hydrogen-bond acceptors (Lipinski definition) is 4. The minimum Gasteiger partial charge on any atom is -0.480 e. The van der Waals surface area contributed by atoms with E-state index >= 15 is 0 Å². The van der Waals surface area contributed by atoms with Crippen molar-refractivity contribution in [3.05, 3.63) is 29.6 Å². The fourth-order valence-corrected chi connectivity index (χ4v) is 1.45. The van der Waals surface area contributed by atoms with Gasteiger partial charge in [-0.2, -0.15) is 0 Å². The fourth-order valence-electron chi connectivity index (χ4n) is 1.45. The van der Waals surface area contributed by atoms with Gasteiger partial charge in [-0.1, -0.05) is 6.07 Å². The molecule has 114 valence electrons. The zero-order valence-corrected chi connectivity index (χ0v) is 11.5. The number of rotatable bonds is 5. The van der Waals surface area contributed by atoms with Crippen LogP contribution in [0.25, 0.3) is 0 Å². The summed E-state index contributed by atoms with van der Waals surface area (Å²) in [6.07, 6.45) is -0.512. The quantitative estimate of drug-likeness (QED) is 0.710. The molecule has 0 fully saturated rings. The van der Waals surface area contributed by atoms with Crippen molar-refractivity contribution in [1.29, 1.82) is 0 Å². The molecule has 0 unspecified atom stereocenters.